The fourth-order valence-electron chi connectivity index (χ4n) is 4.67. The molecule has 0 radical (unpaired) electrons. The summed E-state index contributed by atoms with van der Waals surface area (Å²) in [5.41, 5.74) is 3.79. The molecule has 0 bridgehead atoms. The number of benzene rings is 2. The summed E-state index contributed by atoms with van der Waals surface area (Å²) in [7, 11) is 0. The van der Waals surface area contributed by atoms with Crippen molar-refractivity contribution in [2.75, 3.05) is 13.1 Å². The largest absolute Gasteiger partial charge is 0.490 e. The Morgan fingerprint density at radius 3 is 2.45 bits per heavy atom. The number of amides is 2. The highest BCUT2D eigenvalue weighted by Crippen LogP contribution is 2.31. The lowest BCUT2D eigenvalue weighted by Gasteiger charge is -2.32. The number of carbonyl (C=O) groups is 2. The molecule has 33 heavy (non-hydrogen) atoms. The van der Waals surface area contributed by atoms with Crippen LogP contribution in [0.5, 0.6) is 5.75 Å². The van der Waals surface area contributed by atoms with E-state index in [2.05, 4.69) is 22.4 Å². The summed E-state index contributed by atoms with van der Waals surface area (Å²) >= 11 is 0. The first kappa shape index (κ1) is 21.2. The predicted molar refractivity (Wildman–Crippen MR) is 125 cm³/mol. The summed E-state index contributed by atoms with van der Waals surface area (Å²) in [5.74, 6) is 0.696. The SMILES string of the molecule is O=C(N[C@H]1CCc2ccccc21)c1ccc(OC2CCN(C(=O)c3cccnc3)CC2)cc1. The molecule has 1 atom stereocenters. The van der Waals surface area contributed by atoms with Gasteiger partial charge in [0.2, 0.25) is 0 Å². The zero-order valence-electron chi connectivity index (χ0n) is 18.4. The maximum atomic E-state index is 12.7. The number of likely N-dealkylation sites (tertiary alicyclic amines) is 1. The van der Waals surface area contributed by atoms with E-state index in [0.29, 0.717) is 24.2 Å². The Labute approximate surface area is 193 Å². The van der Waals surface area contributed by atoms with Gasteiger partial charge in [-0.2, -0.15) is 0 Å². The first-order chi connectivity index (χ1) is 16.2. The van der Waals surface area contributed by atoms with Gasteiger partial charge in [0.1, 0.15) is 11.9 Å². The Kier molecular flexibility index (Phi) is 6.07. The summed E-state index contributed by atoms with van der Waals surface area (Å²) in [6, 6.07) is 19.3. The number of hydrogen-bond donors (Lipinski definition) is 1. The molecule has 6 nitrogen and oxygen atoms in total. The molecule has 2 amide bonds. The van der Waals surface area contributed by atoms with E-state index in [1.54, 1.807) is 24.5 Å². The van der Waals surface area contributed by atoms with Gasteiger partial charge in [-0.15, -0.1) is 0 Å². The topological polar surface area (TPSA) is 71.5 Å². The van der Waals surface area contributed by atoms with Gasteiger partial charge in [-0.1, -0.05) is 24.3 Å². The fourth-order valence-corrected chi connectivity index (χ4v) is 4.67. The Morgan fingerprint density at radius 2 is 1.70 bits per heavy atom. The van der Waals surface area contributed by atoms with E-state index in [9.17, 15) is 9.59 Å². The highest BCUT2D eigenvalue weighted by Gasteiger charge is 2.26. The van der Waals surface area contributed by atoms with Gasteiger partial charge < -0.3 is 15.0 Å². The normalized spacial score (nSPS) is 17.9. The van der Waals surface area contributed by atoms with Crippen molar-refractivity contribution >= 4 is 11.8 Å². The second-order valence-electron chi connectivity index (χ2n) is 8.64. The standard InChI is InChI=1S/C27H27N3O3/c31-26(29-25-12-9-19-4-1-2-6-24(19)25)20-7-10-22(11-8-20)33-23-13-16-30(17-14-23)27(32)21-5-3-15-28-18-21/h1-8,10-11,15,18,23,25H,9,12-14,16-17H2,(H,29,31)/t25-/m0/s1. The second-order valence-corrected chi connectivity index (χ2v) is 8.64. The Hall–Kier alpha value is -3.67. The Morgan fingerprint density at radius 1 is 0.909 bits per heavy atom. The molecule has 0 saturated carbocycles. The molecular weight excluding hydrogens is 414 g/mol. The van der Waals surface area contributed by atoms with E-state index in [1.807, 2.05) is 41.3 Å². The zero-order chi connectivity index (χ0) is 22.6. The maximum absolute atomic E-state index is 12.7. The molecule has 1 aliphatic carbocycles. The number of ether oxygens (including phenoxy) is 1. The third-order valence-corrected chi connectivity index (χ3v) is 6.50. The first-order valence-electron chi connectivity index (χ1n) is 11.5. The van der Waals surface area contributed by atoms with Crippen LogP contribution in [0.4, 0.5) is 0 Å². The lowest BCUT2D eigenvalue weighted by Crippen LogP contribution is -2.41. The van der Waals surface area contributed by atoms with Crippen LogP contribution in [0.15, 0.2) is 73.1 Å². The predicted octanol–water partition coefficient (Wildman–Crippen LogP) is 4.18. The second kappa shape index (κ2) is 9.45. The molecule has 1 aliphatic heterocycles. The molecule has 1 aromatic heterocycles. The van der Waals surface area contributed by atoms with Gasteiger partial charge in [0, 0.05) is 43.9 Å². The number of nitrogens with one attached hydrogen (secondary N) is 1. The van der Waals surface area contributed by atoms with Crippen LogP contribution in [0.25, 0.3) is 0 Å². The van der Waals surface area contributed by atoms with Gasteiger partial charge in [-0.3, -0.25) is 14.6 Å². The van der Waals surface area contributed by atoms with Crippen LogP contribution in [-0.4, -0.2) is 40.9 Å². The number of fused-ring (bicyclic) bond motifs is 1. The third kappa shape index (κ3) is 4.75. The maximum Gasteiger partial charge on any atom is 0.255 e. The lowest BCUT2D eigenvalue weighted by atomic mass is 10.1. The molecule has 2 aliphatic rings. The molecule has 0 spiro atoms. The number of pyridine rings is 1. The smallest absolute Gasteiger partial charge is 0.255 e. The van der Waals surface area contributed by atoms with Crippen molar-refractivity contribution in [1.29, 1.82) is 0 Å². The molecule has 6 heteroatoms. The molecule has 168 valence electrons. The number of nitrogens with zero attached hydrogens (tertiary/aromatic N) is 2. The Balaban J connectivity index is 1.13. The molecule has 1 N–H and O–H groups in total. The summed E-state index contributed by atoms with van der Waals surface area (Å²) in [4.78, 5) is 31.2. The molecule has 5 rings (SSSR count). The Bertz CT molecular complexity index is 1120. The molecule has 2 heterocycles. The monoisotopic (exact) mass is 441 g/mol. The average molecular weight is 442 g/mol. The summed E-state index contributed by atoms with van der Waals surface area (Å²) in [5, 5.41) is 3.16. The van der Waals surface area contributed by atoms with Crippen molar-refractivity contribution in [1.82, 2.24) is 15.2 Å². The van der Waals surface area contributed by atoms with Gasteiger partial charge in [-0.25, -0.2) is 0 Å². The summed E-state index contributed by atoms with van der Waals surface area (Å²) in [6.07, 6.45) is 6.81. The van der Waals surface area contributed by atoms with E-state index < -0.39 is 0 Å². The van der Waals surface area contributed by atoms with Crippen molar-refractivity contribution in [3.63, 3.8) is 0 Å². The van der Waals surface area contributed by atoms with Crippen molar-refractivity contribution in [2.45, 2.75) is 37.8 Å². The van der Waals surface area contributed by atoms with E-state index in [0.717, 1.165) is 31.4 Å². The number of aryl methyl sites for hydroxylation is 1. The third-order valence-electron chi connectivity index (χ3n) is 6.50. The molecule has 2 aromatic carbocycles. The van der Waals surface area contributed by atoms with Gasteiger partial charge >= 0.3 is 0 Å². The number of aromatic nitrogens is 1. The van der Waals surface area contributed by atoms with Crippen molar-refractivity contribution in [2.24, 2.45) is 0 Å². The number of hydrogen-bond acceptors (Lipinski definition) is 4. The molecule has 1 fully saturated rings. The minimum atomic E-state index is -0.0644. The van der Waals surface area contributed by atoms with E-state index >= 15 is 0 Å². The number of carbonyl (C=O) groups excluding carboxylic acids is 2. The molecule has 0 unspecified atom stereocenters. The van der Waals surface area contributed by atoms with Crippen molar-refractivity contribution in [3.8, 4) is 5.75 Å². The molecular formula is C27H27N3O3. The molecule has 1 saturated heterocycles. The fraction of sp³-hybridized carbons (Fsp3) is 0.296. The van der Waals surface area contributed by atoms with Crippen molar-refractivity contribution in [3.05, 3.63) is 95.3 Å². The van der Waals surface area contributed by atoms with Gasteiger partial charge in [0.15, 0.2) is 0 Å². The highest BCUT2D eigenvalue weighted by atomic mass is 16.5. The van der Waals surface area contributed by atoms with Gasteiger partial charge in [0.25, 0.3) is 11.8 Å². The van der Waals surface area contributed by atoms with Crippen LogP contribution >= 0.6 is 0 Å². The minimum Gasteiger partial charge on any atom is -0.490 e. The van der Waals surface area contributed by atoms with Gasteiger partial charge in [-0.05, 0) is 60.4 Å². The van der Waals surface area contributed by atoms with Crippen LogP contribution in [0, 0.1) is 0 Å². The number of rotatable bonds is 5. The van der Waals surface area contributed by atoms with Crippen molar-refractivity contribution < 1.29 is 14.3 Å². The van der Waals surface area contributed by atoms with E-state index in [1.165, 1.54) is 11.1 Å². The van der Waals surface area contributed by atoms with Gasteiger partial charge in [0.05, 0.1) is 11.6 Å². The molecule has 3 aromatic rings. The van der Waals surface area contributed by atoms with E-state index in [-0.39, 0.29) is 24.0 Å². The van der Waals surface area contributed by atoms with Crippen LogP contribution in [0.2, 0.25) is 0 Å². The van der Waals surface area contributed by atoms with Crippen LogP contribution < -0.4 is 10.1 Å². The van der Waals surface area contributed by atoms with Crippen LogP contribution in [0.3, 0.4) is 0 Å². The van der Waals surface area contributed by atoms with E-state index in [4.69, 9.17) is 4.74 Å². The highest BCUT2D eigenvalue weighted by molar-refractivity contribution is 5.95. The average Bonchev–Trinajstić information content (AvgIpc) is 3.28. The lowest BCUT2D eigenvalue weighted by molar-refractivity contribution is 0.0595. The zero-order valence-corrected chi connectivity index (χ0v) is 18.4. The number of piperidine rings is 1. The minimum absolute atomic E-state index is 0.0156. The first-order valence-corrected chi connectivity index (χ1v) is 11.5. The van der Waals surface area contributed by atoms with Crippen LogP contribution in [-0.2, 0) is 6.42 Å². The summed E-state index contributed by atoms with van der Waals surface area (Å²) < 4.78 is 6.12. The quantitative estimate of drug-likeness (QED) is 0.645. The van der Waals surface area contributed by atoms with Crippen LogP contribution in [0.1, 0.15) is 57.1 Å². The summed E-state index contributed by atoms with van der Waals surface area (Å²) in [6.45, 7) is 1.31.